The van der Waals surface area contributed by atoms with Crippen molar-refractivity contribution in [3.8, 4) is 0 Å². The Morgan fingerprint density at radius 1 is 0.875 bits per heavy atom. The molecular weight excluding hydrogens is 212 g/mol. The van der Waals surface area contributed by atoms with Crippen LogP contribution in [0.1, 0.15) is 26.7 Å². The lowest BCUT2D eigenvalue weighted by atomic mass is 10.2. The maximum atomic E-state index is 11.0. The third kappa shape index (κ3) is 4.54. The van der Waals surface area contributed by atoms with Crippen LogP contribution in [-0.2, 0) is 19.1 Å². The molecule has 0 N–H and O–H groups in total. The summed E-state index contributed by atoms with van der Waals surface area (Å²) >= 11 is 0. The van der Waals surface area contributed by atoms with Crippen molar-refractivity contribution in [1.29, 1.82) is 0 Å². The van der Waals surface area contributed by atoms with Crippen LogP contribution in [0.25, 0.3) is 0 Å². The fraction of sp³-hybridized carbons (Fsp3) is 0.364. The Morgan fingerprint density at radius 3 is 1.44 bits per heavy atom. The fourth-order valence-corrected chi connectivity index (χ4v) is 0.605. The lowest BCUT2D eigenvalue weighted by molar-refractivity contribution is -0.141. The van der Waals surface area contributed by atoms with Gasteiger partial charge in [-0.1, -0.05) is 27.0 Å². The minimum Gasteiger partial charge on any atom is -0.356 e. The van der Waals surface area contributed by atoms with E-state index in [-0.39, 0.29) is 11.1 Å². The van der Waals surface area contributed by atoms with Gasteiger partial charge >= 0.3 is 18.1 Å². The second kappa shape index (κ2) is 6.55. The molecule has 0 amide bonds. The fourth-order valence-electron chi connectivity index (χ4n) is 0.605. The van der Waals surface area contributed by atoms with Crippen molar-refractivity contribution in [3.63, 3.8) is 0 Å². The van der Waals surface area contributed by atoms with Gasteiger partial charge in [0, 0.05) is 11.1 Å². The summed E-state index contributed by atoms with van der Waals surface area (Å²) in [6, 6.07) is 0. The van der Waals surface area contributed by atoms with E-state index in [0.29, 0.717) is 12.8 Å². The molecule has 0 radical (unpaired) electrons. The minimum atomic E-state index is -1.36. The highest BCUT2D eigenvalue weighted by atomic mass is 16.8. The second-order valence-electron chi connectivity index (χ2n) is 2.94. The molecule has 0 bridgehead atoms. The van der Waals surface area contributed by atoms with E-state index in [1.165, 1.54) is 0 Å². The molecule has 0 aromatic heterocycles. The molecule has 0 saturated heterocycles. The average Bonchev–Trinajstić information content (AvgIpc) is 2.26. The SMILES string of the molecule is C=C(CC)C(=O)OC(=O)OC(=O)C(=C)CC. The summed E-state index contributed by atoms with van der Waals surface area (Å²) in [5.41, 5.74) is 0.248. The molecule has 0 rings (SSSR count). The first-order chi connectivity index (χ1) is 7.42. The summed E-state index contributed by atoms with van der Waals surface area (Å²) in [7, 11) is 0. The van der Waals surface area contributed by atoms with Crippen molar-refractivity contribution >= 4 is 18.1 Å². The summed E-state index contributed by atoms with van der Waals surface area (Å²) < 4.78 is 8.41. The van der Waals surface area contributed by atoms with Gasteiger partial charge in [-0.2, -0.15) is 0 Å². The molecule has 88 valence electrons. The number of rotatable bonds is 4. The molecule has 0 aromatic rings. The Labute approximate surface area is 93.7 Å². The van der Waals surface area contributed by atoms with Crippen LogP contribution in [0.3, 0.4) is 0 Å². The number of hydrogen-bond donors (Lipinski definition) is 0. The van der Waals surface area contributed by atoms with Crippen LogP contribution in [0, 0.1) is 0 Å². The summed E-state index contributed by atoms with van der Waals surface area (Å²) in [6.07, 6.45) is -0.664. The molecule has 16 heavy (non-hydrogen) atoms. The highest BCUT2D eigenvalue weighted by molar-refractivity contribution is 5.99. The largest absolute Gasteiger partial charge is 0.524 e. The topological polar surface area (TPSA) is 69.7 Å². The first-order valence-corrected chi connectivity index (χ1v) is 4.76. The molecule has 0 atom stereocenters. The van der Waals surface area contributed by atoms with E-state index in [2.05, 4.69) is 22.6 Å². The first kappa shape index (κ1) is 14.1. The smallest absolute Gasteiger partial charge is 0.356 e. The zero-order valence-corrected chi connectivity index (χ0v) is 9.37. The van der Waals surface area contributed by atoms with E-state index in [9.17, 15) is 14.4 Å². The van der Waals surface area contributed by atoms with Gasteiger partial charge in [0.05, 0.1) is 0 Å². The molecule has 0 spiro atoms. The third-order valence-electron chi connectivity index (χ3n) is 1.78. The predicted molar refractivity (Wildman–Crippen MR) is 56.4 cm³/mol. The van der Waals surface area contributed by atoms with E-state index >= 15 is 0 Å². The highest BCUT2D eigenvalue weighted by Gasteiger charge is 2.18. The quantitative estimate of drug-likeness (QED) is 0.417. The van der Waals surface area contributed by atoms with Crippen LogP contribution >= 0.6 is 0 Å². The number of carbonyl (C=O) groups is 3. The Bertz CT molecular complexity index is 308. The minimum absolute atomic E-state index is 0.124. The molecule has 0 aliphatic carbocycles. The molecule has 0 aromatic carbocycles. The Hall–Kier alpha value is -1.91. The van der Waals surface area contributed by atoms with Crippen molar-refractivity contribution < 1.29 is 23.9 Å². The molecule has 0 heterocycles. The van der Waals surface area contributed by atoms with Gasteiger partial charge in [0.2, 0.25) is 0 Å². The monoisotopic (exact) mass is 226 g/mol. The van der Waals surface area contributed by atoms with Gasteiger partial charge in [-0.05, 0) is 12.8 Å². The maximum Gasteiger partial charge on any atom is 0.524 e. The maximum absolute atomic E-state index is 11.0. The van der Waals surface area contributed by atoms with E-state index < -0.39 is 18.1 Å². The van der Waals surface area contributed by atoms with E-state index in [1.54, 1.807) is 13.8 Å². The summed E-state index contributed by atoms with van der Waals surface area (Å²) in [6.45, 7) is 10.1. The van der Waals surface area contributed by atoms with Gasteiger partial charge in [0.25, 0.3) is 0 Å². The van der Waals surface area contributed by atoms with Gasteiger partial charge in [-0.25, -0.2) is 14.4 Å². The second-order valence-corrected chi connectivity index (χ2v) is 2.94. The van der Waals surface area contributed by atoms with Crippen LogP contribution < -0.4 is 0 Å². The third-order valence-corrected chi connectivity index (χ3v) is 1.78. The molecule has 5 heteroatoms. The van der Waals surface area contributed by atoms with Crippen molar-refractivity contribution in [3.05, 3.63) is 24.3 Å². The number of carbonyl (C=O) groups excluding carboxylic acids is 3. The van der Waals surface area contributed by atoms with Gasteiger partial charge in [-0.15, -0.1) is 0 Å². The van der Waals surface area contributed by atoms with Crippen LogP contribution in [-0.4, -0.2) is 18.1 Å². The highest BCUT2D eigenvalue weighted by Crippen LogP contribution is 2.04. The molecular formula is C11H14O5. The Morgan fingerprint density at radius 2 is 1.19 bits per heavy atom. The zero-order valence-electron chi connectivity index (χ0n) is 9.37. The van der Waals surface area contributed by atoms with E-state index in [4.69, 9.17) is 0 Å². The summed E-state index contributed by atoms with van der Waals surface area (Å²) in [5, 5.41) is 0. The van der Waals surface area contributed by atoms with Gasteiger partial charge < -0.3 is 9.47 Å². The van der Waals surface area contributed by atoms with Crippen LogP contribution in [0.15, 0.2) is 24.3 Å². The van der Waals surface area contributed by atoms with Crippen LogP contribution in [0.4, 0.5) is 4.79 Å². The predicted octanol–water partition coefficient (Wildman–Crippen LogP) is 2.13. The molecule has 0 unspecified atom stereocenters. The van der Waals surface area contributed by atoms with Gasteiger partial charge in [-0.3, -0.25) is 0 Å². The number of hydrogen-bond acceptors (Lipinski definition) is 5. The molecule has 0 saturated carbocycles. The molecule has 5 nitrogen and oxygen atoms in total. The Balaban J connectivity index is 4.20. The van der Waals surface area contributed by atoms with E-state index in [0.717, 1.165) is 0 Å². The Kier molecular flexibility index (Phi) is 5.77. The van der Waals surface area contributed by atoms with Crippen molar-refractivity contribution in [1.82, 2.24) is 0 Å². The molecule has 0 fully saturated rings. The number of esters is 2. The van der Waals surface area contributed by atoms with Crippen molar-refractivity contribution in [2.45, 2.75) is 26.7 Å². The van der Waals surface area contributed by atoms with Crippen molar-refractivity contribution in [2.24, 2.45) is 0 Å². The normalized spacial score (nSPS) is 9.12. The zero-order chi connectivity index (χ0) is 12.7. The molecule has 0 aliphatic heterocycles. The summed E-state index contributed by atoms with van der Waals surface area (Å²) in [4.78, 5) is 33.0. The van der Waals surface area contributed by atoms with E-state index in [1.807, 2.05) is 0 Å². The number of ether oxygens (including phenoxy) is 2. The first-order valence-electron chi connectivity index (χ1n) is 4.76. The summed E-state index contributed by atoms with van der Waals surface area (Å²) in [5.74, 6) is -1.80. The molecule has 0 aliphatic rings. The standard InChI is InChI=1S/C11H14O5/c1-5-7(3)9(12)15-11(14)16-10(13)8(4)6-2/h3-6H2,1-2H3. The van der Waals surface area contributed by atoms with Crippen LogP contribution in [0.5, 0.6) is 0 Å². The van der Waals surface area contributed by atoms with Crippen molar-refractivity contribution in [2.75, 3.05) is 0 Å². The van der Waals surface area contributed by atoms with Gasteiger partial charge in [0.15, 0.2) is 0 Å². The lowest BCUT2D eigenvalue weighted by Gasteiger charge is -2.04. The average molecular weight is 226 g/mol. The van der Waals surface area contributed by atoms with Crippen LogP contribution in [0.2, 0.25) is 0 Å². The van der Waals surface area contributed by atoms with Gasteiger partial charge in [0.1, 0.15) is 0 Å². The lowest BCUT2D eigenvalue weighted by Crippen LogP contribution is -2.19.